The van der Waals surface area contributed by atoms with Gasteiger partial charge in [0.25, 0.3) is 0 Å². The zero-order chi connectivity index (χ0) is 5.28. The second-order valence-corrected chi connectivity index (χ2v) is 2.53. The number of nitrogens with two attached hydrogens (primary N) is 1. The van der Waals surface area contributed by atoms with Crippen molar-refractivity contribution < 1.29 is 4.21 Å². The van der Waals surface area contributed by atoms with Gasteiger partial charge in [-0.05, 0) is 6.08 Å². The fourth-order valence-corrected chi connectivity index (χ4v) is 0.942. The van der Waals surface area contributed by atoms with Crippen LogP contribution in [0.1, 0.15) is 0 Å². The minimum absolute atomic E-state index is 0.444. The second-order valence-electron chi connectivity index (χ2n) is 1.19. The summed E-state index contributed by atoms with van der Waals surface area (Å²) in [6.45, 7) is 0. The van der Waals surface area contributed by atoms with Crippen molar-refractivity contribution in [3.8, 4) is 0 Å². The molecule has 0 radical (unpaired) electrons. The van der Waals surface area contributed by atoms with Crippen molar-refractivity contribution in [2.24, 2.45) is 5.73 Å². The van der Waals surface area contributed by atoms with Gasteiger partial charge < -0.3 is 5.73 Å². The van der Waals surface area contributed by atoms with Crippen LogP contribution in [0.25, 0.3) is 0 Å². The molecule has 0 aromatic heterocycles. The zero-order valence-corrected chi connectivity index (χ0v) is 4.44. The largest absolute Gasteiger partial charge is 0.391 e. The Kier molecular flexibility index (Phi) is 0.982. The van der Waals surface area contributed by atoms with E-state index in [-0.39, 0.29) is 0 Å². The summed E-state index contributed by atoms with van der Waals surface area (Å²) in [7, 11) is -1.01. The van der Waals surface area contributed by atoms with E-state index in [2.05, 4.69) is 0 Å². The summed E-state index contributed by atoms with van der Waals surface area (Å²) in [5.41, 5.74) is 5.18. The van der Waals surface area contributed by atoms with E-state index in [9.17, 15) is 4.21 Å². The van der Waals surface area contributed by atoms with E-state index in [0.717, 1.165) is 0 Å². The van der Waals surface area contributed by atoms with Crippen molar-refractivity contribution in [3.63, 3.8) is 0 Å². The van der Waals surface area contributed by atoms with Gasteiger partial charge in [0.1, 0.15) is 5.03 Å². The normalized spacial score (nSPS) is 28.0. The quantitative estimate of drug-likeness (QED) is 0.485. The van der Waals surface area contributed by atoms with Crippen LogP contribution in [0.2, 0.25) is 0 Å². The summed E-state index contributed by atoms with van der Waals surface area (Å²) in [5, 5.41) is 2.00. The zero-order valence-electron chi connectivity index (χ0n) is 3.63. The van der Waals surface area contributed by atoms with Gasteiger partial charge in [0.15, 0.2) is 0 Å². The van der Waals surface area contributed by atoms with Gasteiger partial charge in [-0.15, -0.1) is 0 Å². The molecule has 0 spiro atoms. The summed E-state index contributed by atoms with van der Waals surface area (Å²) < 4.78 is 10.4. The lowest BCUT2D eigenvalue weighted by Gasteiger charge is -1.82. The molecule has 38 valence electrons. The van der Waals surface area contributed by atoms with Gasteiger partial charge in [-0.2, -0.15) is 0 Å². The molecule has 0 bridgehead atoms. The molecule has 0 fully saturated rings. The minimum Gasteiger partial charge on any atom is -0.391 e. The van der Waals surface area contributed by atoms with Crippen LogP contribution in [0.4, 0.5) is 0 Å². The van der Waals surface area contributed by atoms with Crippen LogP contribution in [0.3, 0.4) is 0 Å². The molecule has 0 aromatic rings. The molecule has 7 heavy (non-hydrogen) atoms. The minimum atomic E-state index is -1.01. The summed E-state index contributed by atoms with van der Waals surface area (Å²) in [6, 6.07) is 0. The molecule has 3 heteroatoms. The van der Waals surface area contributed by atoms with E-state index in [4.69, 9.17) is 5.73 Å². The highest BCUT2D eigenvalue weighted by Gasteiger charge is 1.99. The Morgan fingerprint density at radius 3 is 2.57 bits per heavy atom. The lowest BCUT2D eigenvalue weighted by Crippen LogP contribution is -1.97. The first-order valence-electron chi connectivity index (χ1n) is 1.85. The predicted molar refractivity (Wildman–Crippen MR) is 29.6 cm³/mol. The Morgan fingerprint density at radius 1 is 1.71 bits per heavy atom. The third kappa shape index (κ3) is 0.718. The molecule has 0 aromatic carbocycles. The first kappa shape index (κ1) is 4.59. The number of hydrogen-bond acceptors (Lipinski definition) is 2. The van der Waals surface area contributed by atoms with Gasteiger partial charge in [-0.1, -0.05) is 6.08 Å². The molecule has 1 aliphatic rings. The van der Waals surface area contributed by atoms with Gasteiger partial charge in [-0.3, -0.25) is 0 Å². The Hall–Kier alpha value is -0.570. The van der Waals surface area contributed by atoms with Gasteiger partial charge >= 0.3 is 0 Å². The molecule has 0 aliphatic carbocycles. The van der Waals surface area contributed by atoms with Crippen LogP contribution >= 0.6 is 0 Å². The molecular weight excluding hydrogens is 110 g/mol. The third-order valence-electron chi connectivity index (χ3n) is 0.695. The first-order valence-corrected chi connectivity index (χ1v) is 3.06. The highest BCUT2D eigenvalue weighted by Crippen LogP contribution is 2.02. The molecule has 0 saturated heterocycles. The van der Waals surface area contributed by atoms with E-state index in [1.165, 1.54) is 0 Å². The SMILES string of the molecule is NC1=CC=CS1=O. The topological polar surface area (TPSA) is 43.1 Å². The van der Waals surface area contributed by atoms with E-state index in [1.54, 1.807) is 17.6 Å². The van der Waals surface area contributed by atoms with E-state index in [1.807, 2.05) is 0 Å². The molecule has 0 saturated carbocycles. The van der Waals surface area contributed by atoms with E-state index in [0.29, 0.717) is 5.03 Å². The molecule has 0 amide bonds. The van der Waals surface area contributed by atoms with Crippen molar-refractivity contribution in [1.82, 2.24) is 0 Å². The fraction of sp³-hybridized carbons (Fsp3) is 0. The van der Waals surface area contributed by atoms with Gasteiger partial charge in [0, 0.05) is 5.41 Å². The van der Waals surface area contributed by atoms with Gasteiger partial charge in [-0.25, -0.2) is 4.21 Å². The molecule has 1 heterocycles. The molecule has 2 N–H and O–H groups in total. The van der Waals surface area contributed by atoms with Crippen LogP contribution in [0.15, 0.2) is 22.6 Å². The van der Waals surface area contributed by atoms with Crippen LogP contribution in [0, 0.1) is 0 Å². The van der Waals surface area contributed by atoms with E-state index < -0.39 is 10.8 Å². The standard InChI is InChI=1S/C4H5NOS/c5-4-2-1-3-7(4)6/h1-3H,5H2. The first-order chi connectivity index (χ1) is 3.30. The fourth-order valence-electron chi connectivity index (χ4n) is 0.351. The average molecular weight is 115 g/mol. The Bertz CT molecular complexity index is 159. The number of rotatable bonds is 0. The molecular formula is C4H5NOS. The van der Waals surface area contributed by atoms with Crippen LogP contribution < -0.4 is 5.73 Å². The summed E-state index contributed by atoms with van der Waals surface area (Å²) in [6.07, 6.45) is 3.32. The van der Waals surface area contributed by atoms with Crippen LogP contribution in [-0.2, 0) is 10.8 Å². The smallest absolute Gasteiger partial charge is 0.101 e. The van der Waals surface area contributed by atoms with Crippen molar-refractivity contribution in [2.45, 2.75) is 0 Å². The number of hydrogen-bond donors (Lipinski definition) is 1. The van der Waals surface area contributed by atoms with E-state index >= 15 is 0 Å². The van der Waals surface area contributed by atoms with Crippen LogP contribution in [-0.4, -0.2) is 4.21 Å². The van der Waals surface area contributed by atoms with Crippen LogP contribution in [0.5, 0.6) is 0 Å². The lowest BCUT2D eigenvalue weighted by molar-refractivity contribution is 0.692. The highest BCUT2D eigenvalue weighted by molar-refractivity contribution is 7.92. The summed E-state index contributed by atoms with van der Waals surface area (Å²) in [4.78, 5) is 0. The Labute approximate surface area is 44.2 Å². The number of allylic oxidation sites excluding steroid dienone is 2. The third-order valence-corrected chi connectivity index (χ3v) is 1.70. The predicted octanol–water partition coefficient (Wildman–Crippen LogP) is 0.0625. The van der Waals surface area contributed by atoms with Crippen molar-refractivity contribution >= 4 is 10.8 Å². The monoisotopic (exact) mass is 115 g/mol. The lowest BCUT2D eigenvalue weighted by atomic mass is 10.6. The average Bonchev–Trinajstić information content (AvgIpc) is 1.91. The highest BCUT2D eigenvalue weighted by atomic mass is 32.2. The molecule has 1 unspecified atom stereocenters. The second kappa shape index (κ2) is 1.50. The summed E-state index contributed by atoms with van der Waals surface area (Å²) >= 11 is 0. The maximum Gasteiger partial charge on any atom is 0.101 e. The summed E-state index contributed by atoms with van der Waals surface area (Å²) in [5.74, 6) is 0. The Morgan fingerprint density at radius 2 is 2.43 bits per heavy atom. The maximum atomic E-state index is 10.4. The molecule has 1 atom stereocenters. The molecule has 1 aliphatic heterocycles. The molecule has 2 nitrogen and oxygen atoms in total. The Balaban J connectivity index is 2.89. The molecule has 1 rings (SSSR count). The van der Waals surface area contributed by atoms with Gasteiger partial charge in [0.2, 0.25) is 0 Å². The van der Waals surface area contributed by atoms with Crippen molar-refractivity contribution in [3.05, 3.63) is 22.6 Å². The van der Waals surface area contributed by atoms with Crippen molar-refractivity contribution in [1.29, 1.82) is 0 Å². The van der Waals surface area contributed by atoms with Gasteiger partial charge in [0.05, 0.1) is 10.8 Å². The maximum absolute atomic E-state index is 10.4. The van der Waals surface area contributed by atoms with Crippen molar-refractivity contribution in [2.75, 3.05) is 0 Å².